The van der Waals surface area contributed by atoms with Gasteiger partial charge in [-0.2, -0.15) is 0 Å². The van der Waals surface area contributed by atoms with Crippen LogP contribution < -0.4 is 0 Å². The number of hydrogen-bond acceptors (Lipinski definition) is 0. The van der Waals surface area contributed by atoms with Crippen molar-refractivity contribution in [3.63, 3.8) is 0 Å². The zero-order chi connectivity index (χ0) is 37.4. The topological polar surface area (TPSA) is 0 Å². The summed E-state index contributed by atoms with van der Waals surface area (Å²) in [5, 5.41) is 10.6. The molecule has 0 aromatic heterocycles. The van der Waals surface area contributed by atoms with Crippen LogP contribution >= 0.6 is 0 Å². The Morgan fingerprint density at radius 3 is 1.42 bits per heavy atom. The first-order valence-corrected chi connectivity index (χ1v) is 16.9. The van der Waals surface area contributed by atoms with Gasteiger partial charge < -0.3 is 0 Å². The maximum Gasteiger partial charge on any atom is 0.0629 e. The van der Waals surface area contributed by atoms with Crippen LogP contribution in [0.25, 0.3) is 98.4 Å². The first kappa shape index (κ1) is 23.8. The van der Waals surface area contributed by atoms with Crippen LogP contribution in [0.4, 0.5) is 0 Å². The predicted octanol–water partition coefficient (Wildman–Crippen LogP) is 14.1. The summed E-state index contributed by atoms with van der Waals surface area (Å²) < 4.78 is 43.1. The van der Waals surface area contributed by atoms with Crippen LogP contribution in [0, 0.1) is 0 Å². The van der Waals surface area contributed by atoms with Crippen molar-refractivity contribution in [1.29, 1.82) is 0 Å². The second kappa shape index (κ2) is 11.6. The van der Waals surface area contributed by atoms with E-state index in [-0.39, 0.29) is 29.7 Å². The molecular formula is C50H32. The Bertz CT molecular complexity index is 3120. The smallest absolute Gasteiger partial charge is 0.0622 e. The molecular weight excluding hydrogens is 601 g/mol. The molecule has 0 bridgehead atoms. The molecule has 10 rings (SSSR count). The third kappa shape index (κ3) is 4.46. The molecule has 0 aliphatic rings. The second-order valence-corrected chi connectivity index (χ2v) is 12.8. The Morgan fingerprint density at radius 1 is 0.280 bits per heavy atom. The van der Waals surface area contributed by atoms with E-state index in [0.29, 0.717) is 5.56 Å². The minimum Gasteiger partial charge on any atom is -0.0622 e. The van der Waals surface area contributed by atoms with Gasteiger partial charge in [0.25, 0.3) is 0 Å². The van der Waals surface area contributed by atoms with Gasteiger partial charge in [0.2, 0.25) is 0 Å². The molecule has 50 heavy (non-hydrogen) atoms. The van der Waals surface area contributed by atoms with Crippen molar-refractivity contribution in [3.8, 4) is 44.5 Å². The van der Waals surface area contributed by atoms with Gasteiger partial charge in [0.15, 0.2) is 0 Å². The molecule has 0 heteroatoms. The van der Waals surface area contributed by atoms with Gasteiger partial charge in [-0.1, -0.05) is 182 Å². The molecule has 0 aliphatic heterocycles. The zero-order valence-corrected chi connectivity index (χ0v) is 27.1. The molecule has 0 unspecified atom stereocenters. The van der Waals surface area contributed by atoms with E-state index in [4.69, 9.17) is 6.85 Å². The third-order valence-corrected chi connectivity index (χ3v) is 10.1. The lowest BCUT2D eigenvalue weighted by atomic mass is 9.83. The lowest BCUT2D eigenvalue weighted by Gasteiger charge is -2.20. The minimum absolute atomic E-state index is 0.206. The van der Waals surface area contributed by atoms with Crippen LogP contribution in [0.1, 0.15) is 6.85 Å². The largest absolute Gasteiger partial charge is 0.0629 e. The number of rotatable bonds is 4. The molecule has 0 radical (unpaired) electrons. The van der Waals surface area contributed by atoms with Gasteiger partial charge in [0, 0.05) is 0 Å². The van der Waals surface area contributed by atoms with Crippen molar-refractivity contribution < 1.29 is 6.85 Å². The molecule has 232 valence electrons. The van der Waals surface area contributed by atoms with Crippen molar-refractivity contribution in [2.24, 2.45) is 0 Å². The zero-order valence-electron chi connectivity index (χ0n) is 32.1. The van der Waals surface area contributed by atoms with Gasteiger partial charge in [-0.15, -0.1) is 0 Å². The third-order valence-electron chi connectivity index (χ3n) is 10.1. The van der Waals surface area contributed by atoms with Gasteiger partial charge >= 0.3 is 0 Å². The first-order valence-electron chi connectivity index (χ1n) is 19.4. The normalized spacial score (nSPS) is 13.0. The Kier molecular flexibility index (Phi) is 5.50. The van der Waals surface area contributed by atoms with Gasteiger partial charge in [0.05, 0.1) is 6.85 Å². The summed E-state index contributed by atoms with van der Waals surface area (Å²) in [7, 11) is 0. The monoisotopic (exact) mass is 637 g/mol. The SMILES string of the molecule is [2H]c1c([2H])c([2H])c(-c2c3ccccc3c(-c3ccc(-c4cc5cc(-c6ccccc6)ccc5c5ccccc45)c4ccccc34)c3ccccc23)c([2H])c1[2H]. The number of fused-ring (bicyclic) bond motifs is 6. The second-order valence-electron chi connectivity index (χ2n) is 12.8. The van der Waals surface area contributed by atoms with E-state index in [1.807, 2.05) is 42.5 Å². The molecule has 0 atom stereocenters. The van der Waals surface area contributed by atoms with E-state index in [1.165, 1.54) is 38.2 Å². The fourth-order valence-corrected chi connectivity index (χ4v) is 7.96. The highest BCUT2D eigenvalue weighted by atomic mass is 14.2. The molecule has 0 spiro atoms. The van der Waals surface area contributed by atoms with Gasteiger partial charge in [-0.05, 0) is 111 Å². The Balaban J connectivity index is 1.26. The molecule has 10 aromatic carbocycles. The molecule has 0 saturated heterocycles. The van der Waals surface area contributed by atoms with Crippen molar-refractivity contribution in [2.75, 3.05) is 0 Å². The summed E-state index contributed by atoms with van der Waals surface area (Å²) in [6, 6.07) is 55.9. The molecule has 0 aliphatic carbocycles. The van der Waals surface area contributed by atoms with E-state index >= 15 is 0 Å². The molecule has 0 N–H and O–H groups in total. The Labute approximate surface area is 298 Å². The number of benzene rings is 10. The summed E-state index contributed by atoms with van der Waals surface area (Å²) in [4.78, 5) is 0. The summed E-state index contributed by atoms with van der Waals surface area (Å²) in [6.45, 7) is 0. The molecule has 0 nitrogen and oxygen atoms in total. The van der Waals surface area contributed by atoms with E-state index in [2.05, 4.69) is 121 Å². The van der Waals surface area contributed by atoms with Crippen LogP contribution in [0.2, 0.25) is 0 Å². The summed E-state index contributed by atoms with van der Waals surface area (Å²) >= 11 is 0. The quantitative estimate of drug-likeness (QED) is 0.133. The van der Waals surface area contributed by atoms with Gasteiger partial charge in [0.1, 0.15) is 0 Å². The van der Waals surface area contributed by atoms with E-state index < -0.39 is 6.04 Å². The Hall–Kier alpha value is -6.50. The van der Waals surface area contributed by atoms with Crippen molar-refractivity contribution in [2.45, 2.75) is 0 Å². The summed E-state index contributed by atoms with van der Waals surface area (Å²) in [5.41, 5.74) is 7.64. The fraction of sp³-hybridized carbons (Fsp3) is 0. The minimum atomic E-state index is -0.397. The molecule has 10 aromatic rings. The van der Waals surface area contributed by atoms with Crippen molar-refractivity contribution in [1.82, 2.24) is 0 Å². The van der Waals surface area contributed by atoms with Crippen LogP contribution in [-0.4, -0.2) is 0 Å². The van der Waals surface area contributed by atoms with E-state index in [0.717, 1.165) is 49.0 Å². The van der Waals surface area contributed by atoms with Gasteiger partial charge in [-0.3, -0.25) is 0 Å². The average Bonchev–Trinajstić information content (AvgIpc) is 3.24. The van der Waals surface area contributed by atoms with E-state index in [9.17, 15) is 0 Å². The summed E-state index contributed by atoms with van der Waals surface area (Å²) in [6.07, 6.45) is 0. The highest BCUT2D eigenvalue weighted by molar-refractivity contribution is 6.25. The van der Waals surface area contributed by atoms with Crippen LogP contribution in [0.15, 0.2) is 194 Å². The van der Waals surface area contributed by atoms with Crippen LogP contribution in [0.3, 0.4) is 0 Å². The average molecular weight is 638 g/mol. The molecule has 0 heterocycles. The maximum atomic E-state index is 8.94. The highest BCUT2D eigenvalue weighted by Crippen LogP contribution is 2.47. The Morgan fingerprint density at radius 2 is 0.780 bits per heavy atom. The molecule has 0 fully saturated rings. The lowest BCUT2D eigenvalue weighted by molar-refractivity contribution is 1.64. The highest BCUT2D eigenvalue weighted by Gasteiger charge is 2.19. The lowest BCUT2D eigenvalue weighted by Crippen LogP contribution is -1.93. The van der Waals surface area contributed by atoms with Crippen molar-refractivity contribution >= 4 is 53.9 Å². The van der Waals surface area contributed by atoms with Crippen LogP contribution in [0.5, 0.6) is 0 Å². The summed E-state index contributed by atoms with van der Waals surface area (Å²) in [5.74, 6) is 0. The first-order chi connectivity index (χ1) is 26.9. The number of hydrogen-bond donors (Lipinski definition) is 0. The van der Waals surface area contributed by atoms with Crippen LogP contribution in [-0.2, 0) is 0 Å². The van der Waals surface area contributed by atoms with Gasteiger partial charge in [-0.25, -0.2) is 0 Å². The molecule has 0 saturated carbocycles. The van der Waals surface area contributed by atoms with E-state index in [1.54, 1.807) is 0 Å². The standard InChI is InChI=1S/C50H32/c1-3-15-33(16-4-1)35-27-28-37-36(31-35)32-48(41-22-10-7-19-38(37)41)42-29-30-47(40-21-9-8-20-39(40)42)50-45-25-13-11-23-43(45)49(34-17-5-2-6-18-34)44-24-12-14-26-46(44)50/h1-32H/i2D,5D,6D,17D,18D. The fourth-order valence-electron chi connectivity index (χ4n) is 7.96. The van der Waals surface area contributed by atoms with Crippen molar-refractivity contribution in [3.05, 3.63) is 194 Å². The predicted molar refractivity (Wildman–Crippen MR) is 216 cm³/mol. The molecule has 0 amide bonds. The maximum absolute atomic E-state index is 8.94.